The number of nitrogens with two attached hydrogens (primary N) is 2. The van der Waals surface area contributed by atoms with E-state index in [1.54, 1.807) is 36.4 Å². The summed E-state index contributed by atoms with van der Waals surface area (Å²) in [6, 6.07) is 36.8. The van der Waals surface area contributed by atoms with Gasteiger partial charge in [-0.3, -0.25) is 0 Å². The highest BCUT2D eigenvalue weighted by Crippen LogP contribution is 2.29. The fraction of sp³-hybridized carbons (Fsp3) is 0. The van der Waals surface area contributed by atoms with E-state index in [1.807, 2.05) is 60.7 Å². The maximum Gasteiger partial charge on any atom is 0.569 e. The Kier molecular flexibility index (Phi) is 12.0. The number of halogens is 5. The van der Waals surface area contributed by atoms with Gasteiger partial charge in [0.05, 0.1) is 11.4 Å². The molecule has 10 heteroatoms. The van der Waals surface area contributed by atoms with E-state index < -0.39 is 5.82 Å². The second-order valence-corrected chi connectivity index (χ2v) is 10.6. The highest BCUT2D eigenvalue weighted by atomic mass is 79.9. The molecule has 0 saturated carbocycles. The Morgan fingerprint density at radius 3 is 1.46 bits per heavy atom. The van der Waals surface area contributed by atoms with Crippen LogP contribution in [0.1, 0.15) is 0 Å². The Bertz CT molecular complexity index is 1900. The zero-order chi connectivity index (χ0) is 33.1. The van der Waals surface area contributed by atoms with Crippen molar-refractivity contribution >= 4 is 35.0 Å². The van der Waals surface area contributed by atoms with Crippen molar-refractivity contribution in [3.05, 3.63) is 161 Å². The van der Waals surface area contributed by atoms with Gasteiger partial charge < -0.3 is 21.1 Å². The van der Waals surface area contributed by atoms with E-state index in [0.29, 0.717) is 29.9 Å². The SMILES string of the molecule is Nc1cc(-c2ccc(-c3ccccc3)c(F)c2)ccc1F.Nc1cc(Br)ccc1F.O[B]Oc1ccc(-c2ccccc2)c(F)c1. The zero-order valence-corrected chi connectivity index (χ0v) is 25.8. The first-order valence-corrected chi connectivity index (χ1v) is 14.5. The number of hydrogen-bond donors (Lipinski definition) is 3. The number of hydrogen-bond acceptors (Lipinski definition) is 4. The van der Waals surface area contributed by atoms with E-state index in [2.05, 4.69) is 20.6 Å². The van der Waals surface area contributed by atoms with E-state index in [0.717, 1.165) is 15.6 Å². The van der Waals surface area contributed by atoms with Crippen LogP contribution in [0.5, 0.6) is 5.75 Å². The highest BCUT2D eigenvalue weighted by molar-refractivity contribution is 9.10. The van der Waals surface area contributed by atoms with Crippen LogP contribution in [0.3, 0.4) is 0 Å². The van der Waals surface area contributed by atoms with Gasteiger partial charge in [0.15, 0.2) is 0 Å². The van der Waals surface area contributed by atoms with Crippen molar-refractivity contribution in [3.8, 4) is 39.1 Å². The number of rotatable bonds is 5. The minimum absolute atomic E-state index is 0.0556. The van der Waals surface area contributed by atoms with Crippen LogP contribution >= 0.6 is 15.9 Å². The van der Waals surface area contributed by atoms with Crippen LogP contribution in [0, 0.1) is 23.3 Å². The summed E-state index contributed by atoms with van der Waals surface area (Å²) in [6.07, 6.45) is 0. The smallest absolute Gasteiger partial charge is 0.537 e. The van der Waals surface area contributed by atoms with Crippen LogP contribution in [-0.4, -0.2) is 12.7 Å². The van der Waals surface area contributed by atoms with Gasteiger partial charge >= 0.3 is 7.69 Å². The maximum atomic E-state index is 14.3. The van der Waals surface area contributed by atoms with Gasteiger partial charge in [-0.15, -0.1) is 0 Å². The van der Waals surface area contributed by atoms with Crippen LogP contribution in [-0.2, 0) is 0 Å². The lowest BCUT2D eigenvalue weighted by Gasteiger charge is -2.08. The molecule has 0 atom stereocenters. The third-order valence-electron chi connectivity index (χ3n) is 6.56. The maximum absolute atomic E-state index is 14.3. The molecule has 0 fully saturated rings. The topological polar surface area (TPSA) is 81.5 Å². The number of benzene rings is 6. The van der Waals surface area contributed by atoms with E-state index in [-0.39, 0.29) is 34.6 Å². The third kappa shape index (κ3) is 9.23. The molecule has 0 aliphatic carbocycles. The highest BCUT2D eigenvalue weighted by Gasteiger charge is 2.09. The van der Waals surface area contributed by atoms with Crippen molar-refractivity contribution in [1.29, 1.82) is 0 Å². The standard InChI is InChI=1S/C18H13F2N.C12H9BFO2.C6H5BrFN/c19-16-9-7-14(11-18(16)21)13-6-8-15(17(20)10-13)12-4-2-1-3-5-12;14-12-8-10(16-13-15)6-7-11(12)9-4-2-1-3-5-9;7-4-1-2-5(8)6(9)3-4/h1-11H,21H2;1-8,15H;1-3H,9H2. The molecule has 4 nitrogen and oxygen atoms in total. The first kappa shape index (κ1) is 33.8. The minimum Gasteiger partial charge on any atom is -0.537 e. The monoisotopic (exact) mass is 685 g/mol. The fourth-order valence-corrected chi connectivity index (χ4v) is 4.65. The first-order valence-electron chi connectivity index (χ1n) is 13.7. The van der Waals surface area contributed by atoms with Gasteiger partial charge in [0.25, 0.3) is 0 Å². The molecule has 0 amide bonds. The molecule has 231 valence electrons. The average Bonchev–Trinajstić information content (AvgIpc) is 3.06. The second-order valence-electron chi connectivity index (χ2n) is 9.69. The molecule has 0 aromatic heterocycles. The molecule has 6 aromatic carbocycles. The van der Waals surface area contributed by atoms with Gasteiger partial charge in [-0.1, -0.05) is 94.8 Å². The summed E-state index contributed by atoms with van der Waals surface area (Å²) in [4.78, 5) is 0. The van der Waals surface area contributed by atoms with Gasteiger partial charge in [0, 0.05) is 21.7 Å². The first-order chi connectivity index (χ1) is 22.2. The molecular formula is C36H27BBrF4N2O2. The van der Waals surface area contributed by atoms with Crippen molar-refractivity contribution < 1.29 is 27.2 Å². The number of nitrogen functional groups attached to an aromatic ring is 2. The molecule has 0 bridgehead atoms. The van der Waals surface area contributed by atoms with Crippen molar-refractivity contribution in [2.75, 3.05) is 11.5 Å². The van der Waals surface area contributed by atoms with Crippen LogP contribution in [0.15, 0.2) is 138 Å². The molecule has 0 unspecified atom stereocenters. The van der Waals surface area contributed by atoms with Gasteiger partial charge in [0.2, 0.25) is 0 Å². The molecule has 5 N–H and O–H groups in total. The molecule has 0 heterocycles. The molecule has 6 rings (SSSR count). The van der Waals surface area contributed by atoms with Crippen LogP contribution in [0.25, 0.3) is 33.4 Å². The van der Waals surface area contributed by atoms with Crippen molar-refractivity contribution in [3.63, 3.8) is 0 Å². The quantitative estimate of drug-likeness (QED) is 0.0960. The summed E-state index contributed by atoms with van der Waals surface area (Å²) in [7, 11) is 0.525. The minimum atomic E-state index is -0.472. The predicted molar refractivity (Wildman–Crippen MR) is 181 cm³/mol. The van der Waals surface area contributed by atoms with E-state index in [4.69, 9.17) is 16.5 Å². The fourth-order valence-electron chi connectivity index (χ4n) is 4.27. The molecule has 0 aliphatic rings. The lowest BCUT2D eigenvalue weighted by atomic mass is 9.99. The lowest BCUT2D eigenvalue weighted by Crippen LogP contribution is -2.00. The summed E-state index contributed by atoms with van der Waals surface area (Å²) in [5.74, 6) is -1.29. The van der Waals surface area contributed by atoms with Crippen molar-refractivity contribution in [2.45, 2.75) is 0 Å². The molecule has 46 heavy (non-hydrogen) atoms. The number of anilines is 2. The van der Waals surface area contributed by atoms with Crippen LogP contribution in [0.4, 0.5) is 28.9 Å². The van der Waals surface area contributed by atoms with E-state index in [1.165, 1.54) is 36.4 Å². The van der Waals surface area contributed by atoms with Gasteiger partial charge in [-0.25, -0.2) is 17.6 Å². The largest absolute Gasteiger partial charge is 0.569 e. The van der Waals surface area contributed by atoms with Crippen molar-refractivity contribution in [2.24, 2.45) is 0 Å². The normalized spacial score (nSPS) is 10.1. The van der Waals surface area contributed by atoms with Gasteiger partial charge in [0.1, 0.15) is 29.0 Å². The van der Waals surface area contributed by atoms with E-state index >= 15 is 0 Å². The Labute approximate surface area is 273 Å². The summed E-state index contributed by atoms with van der Waals surface area (Å²) in [6.45, 7) is 0. The molecule has 0 saturated heterocycles. The van der Waals surface area contributed by atoms with Gasteiger partial charge in [-0.2, -0.15) is 0 Å². The Morgan fingerprint density at radius 2 is 0.978 bits per heavy atom. The molecular weight excluding hydrogens is 659 g/mol. The Morgan fingerprint density at radius 1 is 0.500 bits per heavy atom. The average molecular weight is 686 g/mol. The molecule has 6 aromatic rings. The summed E-state index contributed by atoms with van der Waals surface area (Å²) in [5.41, 5.74) is 15.0. The summed E-state index contributed by atoms with van der Waals surface area (Å²) < 4.78 is 59.0. The van der Waals surface area contributed by atoms with E-state index in [9.17, 15) is 17.6 Å². The van der Waals surface area contributed by atoms with Gasteiger partial charge in [-0.05, 0) is 70.8 Å². The lowest BCUT2D eigenvalue weighted by molar-refractivity contribution is 0.451. The molecule has 1 radical (unpaired) electrons. The second kappa shape index (κ2) is 16.3. The third-order valence-corrected chi connectivity index (χ3v) is 7.05. The molecule has 0 aliphatic heterocycles. The zero-order valence-electron chi connectivity index (χ0n) is 24.2. The summed E-state index contributed by atoms with van der Waals surface area (Å²) in [5, 5.41) is 8.43. The summed E-state index contributed by atoms with van der Waals surface area (Å²) >= 11 is 3.15. The Balaban J connectivity index is 0.000000170. The van der Waals surface area contributed by atoms with Crippen LogP contribution in [0.2, 0.25) is 0 Å². The predicted octanol–water partition coefficient (Wildman–Crippen LogP) is 9.45. The Hall–Kier alpha value is -5.06. The van der Waals surface area contributed by atoms with Crippen LogP contribution < -0.4 is 16.1 Å². The molecule has 0 spiro atoms. The van der Waals surface area contributed by atoms with Crippen molar-refractivity contribution in [1.82, 2.24) is 0 Å².